The Hall–Kier alpha value is -7.94. The lowest BCUT2D eigenvalue weighted by atomic mass is 9.88. The fourth-order valence-corrected chi connectivity index (χ4v) is 9.40. The third-order valence-electron chi connectivity index (χ3n) is 12.2. The molecule has 12 aromatic rings. The average Bonchev–Trinajstić information content (AvgIpc) is 3.71. The van der Waals surface area contributed by atoms with E-state index in [2.05, 4.69) is 217 Å². The molecule has 280 valence electrons. The molecular formula is C58H37NO. The zero-order valence-electron chi connectivity index (χ0n) is 32.7. The highest BCUT2D eigenvalue weighted by Gasteiger charge is 2.18. The molecule has 1 aromatic heterocycles. The second kappa shape index (κ2) is 13.9. The molecule has 0 atom stereocenters. The van der Waals surface area contributed by atoms with Crippen molar-refractivity contribution >= 4 is 82.1 Å². The van der Waals surface area contributed by atoms with Gasteiger partial charge in [-0.2, -0.15) is 0 Å². The lowest BCUT2D eigenvalue weighted by Crippen LogP contribution is -2.09. The van der Waals surface area contributed by atoms with Gasteiger partial charge >= 0.3 is 0 Å². The third kappa shape index (κ3) is 5.57. The van der Waals surface area contributed by atoms with Crippen LogP contribution in [-0.4, -0.2) is 0 Å². The maximum absolute atomic E-state index is 6.25. The topological polar surface area (TPSA) is 16.4 Å². The van der Waals surface area contributed by atoms with Crippen LogP contribution in [0, 0.1) is 0 Å². The molecule has 0 spiro atoms. The summed E-state index contributed by atoms with van der Waals surface area (Å²) in [5.41, 5.74) is 12.2. The molecule has 60 heavy (non-hydrogen) atoms. The van der Waals surface area contributed by atoms with Crippen LogP contribution in [0.3, 0.4) is 0 Å². The van der Waals surface area contributed by atoms with Crippen molar-refractivity contribution in [1.82, 2.24) is 0 Å². The number of rotatable bonds is 6. The summed E-state index contributed by atoms with van der Waals surface area (Å²) in [5.74, 6) is 0. The highest BCUT2D eigenvalue weighted by Crippen LogP contribution is 2.44. The van der Waals surface area contributed by atoms with Crippen molar-refractivity contribution in [2.45, 2.75) is 0 Å². The Labute approximate surface area is 347 Å². The number of hydrogen-bond acceptors (Lipinski definition) is 2. The van der Waals surface area contributed by atoms with Crippen LogP contribution in [0.15, 0.2) is 229 Å². The SMILES string of the molecule is c1ccc(-c2ccc(N(c3ccc(-c4cc5ccccc5c5c4ccc4ccc6ccccc6c45)cc3)c3ccc(-c4cccc5oc6ccccc6c45)cc3)cc2)cc1. The van der Waals surface area contributed by atoms with Crippen molar-refractivity contribution in [3.8, 4) is 33.4 Å². The van der Waals surface area contributed by atoms with Crippen LogP contribution in [0.5, 0.6) is 0 Å². The predicted octanol–water partition coefficient (Wildman–Crippen LogP) is 16.7. The Morgan fingerprint density at radius 1 is 0.267 bits per heavy atom. The molecular weight excluding hydrogens is 727 g/mol. The van der Waals surface area contributed by atoms with Gasteiger partial charge < -0.3 is 9.32 Å². The molecule has 2 nitrogen and oxygen atoms in total. The molecule has 2 heteroatoms. The molecule has 0 unspecified atom stereocenters. The van der Waals surface area contributed by atoms with Crippen LogP contribution in [0.2, 0.25) is 0 Å². The third-order valence-corrected chi connectivity index (χ3v) is 12.2. The lowest BCUT2D eigenvalue weighted by Gasteiger charge is -2.26. The zero-order valence-corrected chi connectivity index (χ0v) is 32.7. The van der Waals surface area contributed by atoms with E-state index in [1.165, 1.54) is 65.3 Å². The van der Waals surface area contributed by atoms with E-state index in [1.54, 1.807) is 0 Å². The zero-order chi connectivity index (χ0) is 39.6. The summed E-state index contributed by atoms with van der Waals surface area (Å²) in [6.07, 6.45) is 0. The summed E-state index contributed by atoms with van der Waals surface area (Å²) in [6, 6.07) is 81.2. The number of nitrogens with zero attached hydrogens (tertiary/aromatic N) is 1. The molecule has 0 bridgehead atoms. The maximum Gasteiger partial charge on any atom is 0.136 e. The number of furan rings is 1. The van der Waals surface area contributed by atoms with E-state index < -0.39 is 0 Å². The van der Waals surface area contributed by atoms with Crippen LogP contribution < -0.4 is 4.90 Å². The molecule has 0 saturated heterocycles. The summed E-state index contributed by atoms with van der Waals surface area (Å²) in [4.78, 5) is 2.36. The van der Waals surface area contributed by atoms with Gasteiger partial charge in [-0.1, -0.05) is 170 Å². The maximum atomic E-state index is 6.25. The van der Waals surface area contributed by atoms with Gasteiger partial charge in [0.15, 0.2) is 0 Å². The Balaban J connectivity index is 0.992. The Bertz CT molecular complexity index is 3570. The Morgan fingerprint density at radius 3 is 1.50 bits per heavy atom. The summed E-state index contributed by atoms with van der Waals surface area (Å²) in [6.45, 7) is 0. The molecule has 0 saturated carbocycles. The Morgan fingerprint density at radius 2 is 0.783 bits per heavy atom. The highest BCUT2D eigenvalue weighted by atomic mass is 16.3. The molecule has 0 N–H and O–H groups in total. The van der Waals surface area contributed by atoms with Crippen molar-refractivity contribution in [2.75, 3.05) is 4.90 Å². The fraction of sp³-hybridized carbons (Fsp3) is 0. The lowest BCUT2D eigenvalue weighted by molar-refractivity contribution is 0.669. The van der Waals surface area contributed by atoms with E-state index in [4.69, 9.17) is 4.42 Å². The minimum absolute atomic E-state index is 0.902. The van der Waals surface area contributed by atoms with E-state index in [1.807, 2.05) is 12.1 Å². The minimum atomic E-state index is 0.902. The number of anilines is 3. The van der Waals surface area contributed by atoms with Crippen LogP contribution in [0.4, 0.5) is 17.1 Å². The predicted molar refractivity (Wildman–Crippen MR) is 255 cm³/mol. The van der Waals surface area contributed by atoms with Crippen molar-refractivity contribution in [3.05, 3.63) is 224 Å². The minimum Gasteiger partial charge on any atom is -0.456 e. The van der Waals surface area contributed by atoms with Gasteiger partial charge in [0.05, 0.1) is 0 Å². The van der Waals surface area contributed by atoms with E-state index in [0.717, 1.165) is 50.1 Å². The van der Waals surface area contributed by atoms with E-state index in [0.29, 0.717) is 0 Å². The quantitative estimate of drug-likeness (QED) is 0.157. The molecule has 0 fully saturated rings. The molecule has 0 aliphatic heterocycles. The van der Waals surface area contributed by atoms with Crippen LogP contribution in [0.25, 0.3) is 98.4 Å². The second-order valence-electron chi connectivity index (χ2n) is 15.6. The molecule has 0 aliphatic carbocycles. The monoisotopic (exact) mass is 763 g/mol. The second-order valence-corrected chi connectivity index (χ2v) is 15.6. The molecule has 0 radical (unpaired) electrons. The van der Waals surface area contributed by atoms with E-state index in [-0.39, 0.29) is 0 Å². The van der Waals surface area contributed by atoms with Gasteiger partial charge in [-0.25, -0.2) is 0 Å². The largest absolute Gasteiger partial charge is 0.456 e. The van der Waals surface area contributed by atoms with Gasteiger partial charge in [0.2, 0.25) is 0 Å². The first-order valence-electron chi connectivity index (χ1n) is 20.6. The van der Waals surface area contributed by atoms with Crippen LogP contribution >= 0.6 is 0 Å². The van der Waals surface area contributed by atoms with Crippen molar-refractivity contribution in [3.63, 3.8) is 0 Å². The average molecular weight is 764 g/mol. The molecule has 0 aliphatic rings. The van der Waals surface area contributed by atoms with Crippen molar-refractivity contribution in [1.29, 1.82) is 0 Å². The molecule has 11 aromatic carbocycles. The molecule has 12 rings (SSSR count). The fourth-order valence-electron chi connectivity index (χ4n) is 9.40. The first-order chi connectivity index (χ1) is 29.7. The standard InChI is InChI=1S/C58H37NO/c1-2-11-38(12-3-1)39-23-30-45(31-24-39)59(46-32-25-41(26-33-46)49-18-10-20-55-57(49)52-17-8-9-19-54(52)60-55)47-34-27-42(28-35-47)53-37-44-14-5-7-16-50(44)58-51(53)36-29-43-22-21-40-13-4-6-15-48(40)56(43)58/h1-37H. The highest BCUT2D eigenvalue weighted by molar-refractivity contribution is 6.30. The van der Waals surface area contributed by atoms with Gasteiger partial charge in [-0.3, -0.25) is 0 Å². The van der Waals surface area contributed by atoms with Gasteiger partial charge in [-0.05, 0) is 131 Å². The normalized spacial score (nSPS) is 11.7. The number of hydrogen-bond donors (Lipinski definition) is 0. The van der Waals surface area contributed by atoms with Crippen molar-refractivity contribution < 1.29 is 4.42 Å². The summed E-state index contributed by atoms with van der Waals surface area (Å²) < 4.78 is 6.25. The molecule has 0 amide bonds. The van der Waals surface area contributed by atoms with Gasteiger partial charge in [0.1, 0.15) is 11.2 Å². The van der Waals surface area contributed by atoms with E-state index in [9.17, 15) is 0 Å². The number of fused-ring (bicyclic) bond motifs is 10. The first-order valence-corrected chi connectivity index (χ1v) is 20.6. The first kappa shape index (κ1) is 34.1. The smallest absolute Gasteiger partial charge is 0.136 e. The summed E-state index contributed by atoms with van der Waals surface area (Å²) in [5, 5.41) is 12.5. The van der Waals surface area contributed by atoms with Gasteiger partial charge in [-0.15, -0.1) is 0 Å². The number of para-hydroxylation sites is 1. The van der Waals surface area contributed by atoms with E-state index >= 15 is 0 Å². The molecule has 1 heterocycles. The van der Waals surface area contributed by atoms with Gasteiger partial charge in [0, 0.05) is 27.8 Å². The number of benzene rings is 11. The van der Waals surface area contributed by atoms with Crippen LogP contribution in [-0.2, 0) is 0 Å². The summed E-state index contributed by atoms with van der Waals surface area (Å²) in [7, 11) is 0. The van der Waals surface area contributed by atoms with Crippen molar-refractivity contribution in [2.24, 2.45) is 0 Å². The van der Waals surface area contributed by atoms with Gasteiger partial charge in [0.25, 0.3) is 0 Å². The van der Waals surface area contributed by atoms with Crippen LogP contribution in [0.1, 0.15) is 0 Å². The summed E-state index contributed by atoms with van der Waals surface area (Å²) >= 11 is 0. The Kier molecular flexibility index (Phi) is 7.89.